The molecule has 0 unspecified atom stereocenters. The van der Waals surface area contributed by atoms with Crippen molar-refractivity contribution in [1.29, 1.82) is 0 Å². The molecular weight excluding hydrogens is 386 g/mol. The first-order valence-electron chi connectivity index (χ1n) is 8.89. The van der Waals surface area contributed by atoms with Crippen molar-refractivity contribution in [3.63, 3.8) is 0 Å². The molecule has 1 aromatic heterocycles. The van der Waals surface area contributed by atoms with Crippen LogP contribution in [0.3, 0.4) is 0 Å². The molecule has 27 heavy (non-hydrogen) atoms. The second kappa shape index (κ2) is 8.39. The number of nitrogens with zero attached hydrogens (tertiary/aromatic N) is 5. The van der Waals surface area contributed by atoms with Crippen LogP contribution in [0, 0.1) is 0 Å². The van der Waals surface area contributed by atoms with E-state index in [9.17, 15) is 13.2 Å². The molecule has 10 heteroatoms. The SMILES string of the molecule is CC[C@@H](C)N(C(=O)CSc1nnnn1-c1ccccc1)[C@H]1CCS(=O)(=O)C1. The summed E-state index contributed by atoms with van der Waals surface area (Å²) in [5, 5.41) is 12.2. The zero-order valence-corrected chi connectivity index (χ0v) is 17.0. The third-order valence-electron chi connectivity index (χ3n) is 4.72. The zero-order chi connectivity index (χ0) is 19.4. The number of carbonyl (C=O) groups is 1. The van der Waals surface area contributed by atoms with Gasteiger partial charge in [-0.25, -0.2) is 8.42 Å². The molecule has 0 bridgehead atoms. The number of benzene rings is 1. The highest BCUT2D eigenvalue weighted by molar-refractivity contribution is 7.99. The quantitative estimate of drug-likeness (QED) is 0.640. The Labute approximate surface area is 163 Å². The number of para-hydroxylation sites is 1. The molecule has 2 atom stereocenters. The van der Waals surface area contributed by atoms with E-state index in [1.165, 1.54) is 11.8 Å². The van der Waals surface area contributed by atoms with Crippen molar-refractivity contribution in [3.05, 3.63) is 30.3 Å². The standard InChI is InChI=1S/C17H23N5O3S2/c1-3-13(2)21(15-9-10-27(24,25)12-15)16(23)11-26-17-18-19-20-22(17)14-7-5-4-6-8-14/h4-8,13,15H,3,9-12H2,1-2H3/t13-,15+/m1/s1. The summed E-state index contributed by atoms with van der Waals surface area (Å²) in [6.45, 7) is 3.96. The van der Waals surface area contributed by atoms with E-state index in [0.29, 0.717) is 11.6 Å². The summed E-state index contributed by atoms with van der Waals surface area (Å²) in [7, 11) is -3.05. The Hall–Kier alpha value is -1.94. The average Bonchev–Trinajstić information content (AvgIpc) is 3.27. The number of rotatable bonds is 7. The fourth-order valence-electron chi connectivity index (χ4n) is 3.20. The Morgan fingerprint density at radius 2 is 2.11 bits per heavy atom. The Morgan fingerprint density at radius 1 is 1.37 bits per heavy atom. The maximum Gasteiger partial charge on any atom is 0.233 e. The molecule has 0 N–H and O–H groups in total. The van der Waals surface area contributed by atoms with Crippen LogP contribution in [-0.2, 0) is 14.6 Å². The van der Waals surface area contributed by atoms with Crippen LogP contribution in [0.15, 0.2) is 35.5 Å². The Morgan fingerprint density at radius 3 is 2.74 bits per heavy atom. The number of aromatic nitrogens is 4. The van der Waals surface area contributed by atoms with Gasteiger partial charge in [0.1, 0.15) is 0 Å². The largest absolute Gasteiger partial charge is 0.335 e. The first-order valence-corrected chi connectivity index (χ1v) is 11.7. The molecule has 146 valence electrons. The van der Waals surface area contributed by atoms with E-state index >= 15 is 0 Å². The summed E-state index contributed by atoms with van der Waals surface area (Å²) in [6.07, 6.45) is 1.28. The molecule has 2 aromatic rings. The van der Waals surface area contributed by atoms with Crippen molar-refractivity contribution in [1.82, 2.24) is 25.1 Å². The number of hydrogen-bond acceptors (Lipinski definition) is 7. The number of carbonyl (C=O) groups excluding carboxylic acids is 1. The number of sulfone groups is 1. The summed E-state index contributed by atoms with van der Waals surface area (Å²) >= 11 is 1.26. The number of amides is 1. The predicted octanol–water partition coefficient (Wildman–Crippen LogP) is 1.57. The van der Waals surface area contributed by atoms with Crippen LogP contribution in [0.1, 0.15) is 26.7 Å². The van der Waals surface area contributed by atoms with Crippen LogP contribution in [0.25, 0.3) is 5.69 Å². The molecule has 1 aliphatic rings. The highest BCUT2D eigenvalue weighted by atomic mass is 32.2. The average molecular weight is 410 g/mol. The molecule has 0 radical (unpaired) electrons. The lowest BCUT2D eigenvalue weighted by Gasteiger charge is -2.33. The molecule has 0 saturated carbocycles. The number of hydrogen-bond donors (Lipinski definition) is 0. The van der Waals surface area contributed by atoms with Crippen molar-refractivity contribution in [3.8, 4) is 5.69 Å². The van der Waals surface area contributed by atoms with Gasteiger partial charge in [-0.2, -0.15) is 4.68 Å². The lowest BCUT2D eigenvalue weighted by atomic mass is 10.1. The van der Waals surface area contributed by atoms with E-state index in [4.69, 9.17) is 0 Å². The van der Waals surface area contributed by atoms with Gasteiger partial charge in [0.05, 0.1) is 22.9 Å². The summed E-state index contributed by atoms with van der Waals surface area (Å²) in [4.78, 5) is 14.7. The Bertz CT molecular complexity index is 885. The van der Waals surface area contributed by atoms with Crippen molar-refractivity contribution < 1.29 is 13.2 Å². The molecule has 1 fully saturated rings. The van der Waals surface area contributed by atoms with Gasteiger partial charge in [-0.15, -0.1) is 5.10 Å². The second-order valence-electron chi connectivity index (χ2n) is 6.61. The van der Waals surface area contributed by atoms with Crippen molar-refractivity contribution in [2.24, 2.45) is 0 Å². The normalized spacial score (nSPS) is 19.7. The zero-order valence-electron chi connectivity index (χ0n) is 15.4. The molecule has 3 rings (SSSR count). The van der Waals surface area contributed by atoms with Crippen LogP contribution < -0.4 is 0 Å². The maximum atomic E-state index is 12.9. The van der Waals surface area contributed by atoms with Crippen LogP contribution >= 0.6 is 11.8 Å². The fourth-order valence-corrected chi connectivity index (χ4v) is 5.67. The van der Waals surface area contributed by atoms with Crippen LogP contribution in [0.5, 0.6) is 0 Å². The van der Waals surface area contributed by atoms with Gasteiger partial charge in [-0.3, -0.25) is 4.79 Å². The topological polar surface area (TPSA) is 98.1 Å². The van der Waals surface area contributed by atoms with Crippen molar-refractivity contribution in [2.75, 3.05) is 17.3 Å². The van der Waals surface area contributed by atoms with Crippen LogP contribution in [-0.4, -0.2) is 68.8 Å². The Balaban J connectivity index is 1.71. The van der Waals surface area contributed by atoms with Gasteiger partial charge in [0, 0.05) is 12.1 Å². The first kappa shape index (κ1) is 19.8. The number of thioether (sulfide) groups is 1. The molecule has 0 aliphatic carbocycles. The molecule has 2 heterocycles. The van der Waals surface area contributed by atoms with Crippen molar-refractivity contribution in [2.45, 2.75) is 43.9 Å². The van der Waals surface area contributed by atoms with Crippen LogP contribution in [0.2, 0.25) is 0 Å². The van der Waals surface area contributed by atoms with Gasteiger partial charge in [0.2, 0.25) is 11.1 Å². The summed E-state index contributed by atoms with van der Waals surface area (Å²) in [5.74, 6) is 0.278. The third kappa shape index (κ3) is 4.67. The first-order chi connectivity index (χ1) is 12.9. The van der Waals surface area contributed by atoms with E-state index in [2.05, 4.69) is 15.5 Å². The fraction of sp³-hybridized carbons (Fsp3) is 0.529. The minimum absolute atomic E-state index is 0.0125. The second-order valence-corrected chi connectivity index (χ2v) is 9.78. The van der Waals surface area contributed by atoms with Gasteiger partial charge in [-0.1, -0.05) is 36.9 Å². The maximum absolute atomic E-state index is 12.9. The van der Waals surface area contributed by atoms with Gasteiger partial charge in [0.25, 0.3) is 0 Å². The van der Waals surface area contributed by atoms with E-state index < -0.39 is 9.84 Å². The molecule has 8 nitrogen and oxygen atoms in total. The summed E-state index contributed by atoms with van der Waals surface area (Å²) in [5.41, 5.74) is 0.818. The molecular formula is C17H23N5O3S2. The van der Waals surface area contributed by atoms with Gasteiger partial charge >= 0.3 is 0 Å². The molecule has 1 aromatic carbocycles. The van der Waals surface area contributed by atoms with E-state index in [0.717, 1.165) is 12.1 Å². The summed E-state index contributed by atoms with van der Waals surface area (Å²) < 4.78 is 25.3. The molecule has 1 aliphatic heterocycles. The number of tetrazole rings is 1. The van der Waals surface area contributed by atoms with Gasteiger partial charge in [-0.05, 0) is 42.3 Å². The van der Waals surface area contributed by atoms with E-state index in [1.807, 2.05) is 44.2 Å². The molecule has 1 amide bonds. The third-order valence-corrected chi connectivity index (χ3v) is 7.38. The molecule has 1 saturated heterocycles. The highest BCUT2D eigenvalue weighted by Gasteiger charge is 2.36. The van der Waals surface area contributed by atoms with Crippen molar-refractivity contribution >= 4 is 27.5 Å². The van der Waals surface area contributed by atoms with E-state index in [-0.39, 0.29) is 35.2 Å². The predicted molar refractivity (Wildman–Crippen MR) is 104 cm³/mol. The lowest BCUT2D eigenvalue weighted by Crippen LogP contribution is -2.47. The lowest BCUT2D eigenvalue weighted by molar-refractivity contribution is -0.132. The minimum atomic E-state index is -3.05. The van der Waals surface area contributed by atoms with E-state index in [1.54, 1.807) is 9.58 Å². The van der Waals surface area contributed by atoms with Gasteiger partial charge in [0.15, 0.2) is 9.84 Å². The summed E-state index contributed by atoms with van der Waals surface area (Å²) in [6, 6.07) is 9.20. The Kier molecular flexibility index (Phi) is 6.15. The highest BCUT2D eigenvalue weighted by Crippen LogP contribution is 2.24. The minimum Gasteiger partial charge on any atom is -0.335 e. The molecule has 0 spiro atoms. The van der Waals surface area contributed by atoms with Gasteiger partial charge < -0.3 is 4.90 Å². The van der Waals surface area contributed by atoms with Crippen LogP contribution in [0.4, 0.5) is 0 Å². The monoisotopic (exact) mass is 409 g/mol. The smallest absolute Gasteiger partial charge is 0.233 e.